The van der Waals surface area contributed by atoms with Crippen molar-refractivity contribution in [2.45, 2.75) is 26.4 Å². The van der Waals surface area contributed by atoms with Gasteiger partial charge >= 0.3 is 5.97 Å². The lowest BCUT2D eigenvalue weighted by molar-refractivity contribution is -0.384. The summed E-state index contributed by atoms with van der Waals surface area (Å²) < 4.78 is 9.93. The molecule has 2 N–H and O–H groups in total. The molecule has 0 saturated heterocycles. The Bertz CT molecular complexity index is 620. The van der Waals surface area contributed by atoms with Crippen molar-refractivity contribution >= 4 is 23.3 Å². The van der Waals surface area contributed by atoms with E-state index >= 15 is 0 Å². The minimum atomic E-state index is -0.988. The molecule has 1 aromatic carbocycles. The highest BCUT2D eigenvalue weighted by Crippen LogP contribution is 2.26. The Morgan fingerprint density at radius 2 is 2.04 bits per heavy atom. The zero-order valence-electron chi connectivity index (χ0n) is 14.5. The van der Waals surface area contributed by atoms with Gasteiger partial charge in [-0.05, 0) is 25.5 Å². The van der Waals surface area contributed by atoms with E-state index < -0.39 is 22.9 Å². The molecule has 0 heterocycles. The summed E-state index contributed by atoms with van der Waals surface area (Å²) in [5.41, 5.74) is 0.0140. The molecule has 9 nitrogen and oxygen atoms in total. The van der Waals surface area contributed by atoms with E-state index in [2.05, 4.69) is 10.6 Å². The molecule has 138 valence electrons. The molecule has 0 spiro atoms. The summed E-state index contributed by atoms with van der Waals surface area (Å²) in [7, 11) is 1.52. The van der Waals surface area contributed by atoms with Gasteiger partial charge in [-0.3, -0.25) is 14.9 Å². The van der Waals surface area contributed by atoms with Crippen LogP contribution in [-0.2, 0) is 14.3 Å². The first-order valence-corrected chi connectivity index (χ1v) is 7.90. The normalized spacial score (nSPS) is 11.5. The van der Waals surface area contributed by atoms with Crippen molar-refractivity contribution in [3.8, 4) is 0 Å². The van der Waals surface area contributed by atoms with E-state index in [-0.39, 0.29) is 16.9 Å². The van der Waals surface area contributed by atoms with Crippen molar-refractivity contribution < 1.29 is 24.0 Å². The lowest BCUT2D eigenvalue weighted by atomic mass is 10.1. The van der Waals surface area contributed by atoms with Gasteiger partial charge in [0, 0.05) is 26.3 Å². The third kappa shape index (κ3) is 6.38. The van der Waals surface area contributed by atoms with Gasteiger partial charge < -0.3 is 20.1 Å². The highest BCUT2D eigenvalue weighted by atomic mass is 16.6. The van der Waals surface area contributed by atoms with Crippen LogP contribution in [0.1, 0.15) is 30.6 Å². The van der Waals surface area contributed by atoms with Crippen LogP contribution >= 0.6 is 0 Å². The third-order valence-corrected chi connectivity index (χ3v) is 3.25. The number of carbonyl (C=O) groups excluding carboxylic acids is 2. The highest BCUT2D eigenvalue weighted by Gasteiger charge is 2.22. The van der Waals surface area contributed by atoms with Gasteiger partial charge in [0.05, 0.1) is 17.1 Å². The van der Waals surface area contributed by atoms with E-state index in [1.165, 1.54) is 26.2 Å². The van der Waals surface area contributed by atoms with E-state index in [0.717, 1.165) is 12.5 Å². The van der Waals surface area contributed by atoms with Crippen LogP contribution in [0.2, 0.25) is 0 Å². The van der Waals surface area contributed by atoms with E-state index in [1.807, 2.05) is 6.92 Å². The van der Waals surface area contributed by atoms with Gasteiger partial charge in [-0.1, -0.05) is 6.92 Å². The number of methoxy groups -OCH3 is 1. The van der Waals surface area contributed by atoms with Crippen LogP contribution in [0.25, 0.3) is 0 Å². The number of amides is 1. The smallest absolute Gasteiger partial charge is 0.339 e. The van der Waals surface area contributed by atoms with E-state index in [0.29, 0.717) is 19.7 Å². The second kappa shape index (κ2) is 10.2. The molecule has 0 unspecified atom stereocenters. The number of hydrogen-bond acceptors (Lipinski definition) is 7. The molecule has 0 radical (unpaired) electrons. The lowest BCUT2D eigenvalue weighted by Gasteiger charge is -2.13. The molecule has 9 heteroatoms. The fraction of sp³-hybridized carbons (Fsp3) is 0.500. The maximum Gasteiger partial charge on any atom is 0.339 e. The van der Waals surface area contributed by atoms with Crippen LogP contribution in [0.4, 0.5) is 11.4 Å². The number of anilines is 1. The summed E-state index contributed by atoms with van der Waals surface area (Å²) >= 11 is 0. The highest BCUT2D eigenvalue weighted by molar-refractivity contribution is 5.93. The van der Waals surface area contributed by atoms with Crippen molar-refractivity contribution in [3.05, 3.63) is 33.9 Å². The number of nitrogens with one attached hydrogen (secondary N) is 2. The van der Waals surface area contributed by atoms with Crippen molar-refractivity contribution in [1.29, 1.82) is 0 Å². The Balaban J connectivity index is 2.83. The largest absolute Gasteiger partial charge is 0.449 e. The Morgan fingerprint density at radius 1 is 1.32 bits per heavy atom. The summed E-state index contributed by atoms with van der Waals surface area (Å²) in [5.74, 6) is -1.21. The molecule has 1 aromatic rings. The molecular weight excluding hydrogens is 330 g/mol. The molecule has 0 aliphatic rings. The fourth-order valence-electron chi connectivity index (χ4n) is 1.92. The fourth-order valence-corrected chi connectivity index (χ4v) is 1.92. The first-order valence-electron chi connectivity index (χ1n) is 7.90. The number of ether oxygens (including phenoxy) is 2. The number of rotatable bonds is 10. The molecule has 1 amide bonds. The van der Waals surface area contributed by atoms with Gasteiger partial charge in [-0.15, -0.1) is 0 Å². The Labute approximate surface area is 145 Å². The molecule has 0 fully saturated rings. The second-order valence-corrected chi connectivity index (χ2v) is 5.25. The number of nitro groups is 1. The molecule has 0 aliphatic heterocycles. The third-order valence-electron chi connectivity index (χ3n) is 3.25. The first-order chi connectivity index (χ1) is 11.9. The van der Waals surface area contributed by atoms with Crippen molar-refractivity contribution in [2.75, 3.05) is 32.1 Å². The zero-order chi connectivity index (χ0) is 18.8. The van der Waals surface area contributed by atoms with Crippen molar-refractivity contribution in [3.63, 3.8) is 0 Å². The van der Waals surface area contributed by atoms with Gasteiger partial charge in [-0.2, -0.15) is 0 Å². The summed E-state index contributed by atoms with van der Waals surface area (Å²) in [6.07, 6.45) is -0.228. The molecule has 0 saturated carbocycles. The van der Waals surface area contributed by atoms with Crippen LogP contribution in [0.3, 0.4) is 0 Å². The topological polar surface area (TPSA) is 120 Å². The molecular formula is C16H23N3O6. The summed E-state index contributed by atoms with van der Waals surface area (Å²) in [6.45, 7) is 4.59. The predicted molar refractivity (Wildman–Crippen MR) is 91.6 cm³/mol. The number of benzene rings is 1. The average Bonchev–Trinajstić information content (AvgIpc) is 2.59. The average molecular weight is 353 g/mol. The van der Waals surface area contributed by atoms with Gasteiger partial charge in [0.1, 0.15) is 5.69 Å². The minimum Gasteiger partial charge on any atom is -0.449 e. The molecule has 25 heavy (non-hydrogen) atoms. The van der Waals surface area contributed by atoms with Crippen LogP contribution in [0, 0.1) is 10.1 Å². The number of carbonyl (C=O) groups is 2. The van der Waals surface area contributed by atoms with E-state index in [9.17, 15) is 19.7 Å². The maximum atomic E-state index is 12.1. The SMILES string of the molecule is CCCNC(=O)[C@H](C)OC(=O)c1ccc(NCCOC)c([N+](=O)[O-])c1. The summed E-state index contributed by atoms with van der Waals surface area (Å²) in [6, 6.07) is 3.95. The second-order valence-electron chi connectivity index (χ2n) is 5.25. The van der Waals surface area contributed by atoms with Crippen LogP contribution in [0.5, 0.6) is 0 Å². The Hall–Kier alpha value is -2.68. The van der Waals surface area contributed by atoms with E-state index in [4.69, 9.17) is 9.47 Å². The lowest BCUT2D eigenvalue weighted by Crippen LogP contribution is -2.36. The van der Waals surface area contributed by atoms with Gasteiger partial charge in [0.15, 0.2) is 6.10 Å². The summed E-state index contributed by atoms with van der Waals surface area (Å²) in [5, 5.41) is 16.7. The van der Waals surface area contributed by atoms with Gasteiger partial charge in [-0.25, -0.2) is 4.79 Å². The molecule has 0 bridgehead atoms. The van der Waals surface area contributed by atoms with Crippen LogP contribution < -0.4 is 10.6 Å². The number of esters is 1. The number of nitro benzene ring substituents is 1. The maximum absolute atomic E-state index is 12.1. The monoisotopic (exact) mass is 353 g/mol. The van der Waals surface area contributed by atoms with Crippen molar-refractivity contribution in [2.24, 2.45) is 0 Å². The quantitative estimate of drug-likeness (QED) is 0.284. The number of hydrogen-bond donors (Lipinski definition) is 2. The van der Waals surface area contributed by atoms with Gasteiger partial charge in [0.2, 0.25) is 0 Å². The predicted octanol–water partition coefficient (Wildman–Crippen LogP) is 1.72. The minimum absolute atomic E-state index is 0.000803. The Morgan fingerprint density at radius 3 is 2.64 bits per heavy atom. The van der Waals surface area contributed by atoms with Crippen LogP contribution in [-0.4, -0.2) is 49.7 Å². The zero-order valence-corrected chi connectivity index (χ0v) is 14.5. The van der Waals surface area contributed by atoms with Crippen LogP contribution in [0.15, 0.2) is 18.2 Å². The van der Waals surface area contributed by atoms with Crippen molar-refractivity contribution in [1.82, 2.24) is 5.32 Å². The van der Waals surface area contributed by atoms with E-state index in [1.54, 1.807) is 0 Å². The summed E-state index contributed by atoms with van der Waals surface area (Å²) in [4.78, 5) is 34.4. The Kier molecular flexibility index (Phi) is 8.34. The number of nitrogens with zero attached hydrogens (tertiary/aromatic N) is 1. The molecule has 1 rings (SSSR count). The first kappa shape index (κ1) is 20.4. The standard InChI is InChI=1S/C16H23N3O6/c1-4-7-18-15(20)11(2)25-16(21)12-5-6-13(17-8-9-24-3)14(10-12)19(22)23/h5-6,10-11,17H,4,7-9H2,1-3H3,(H,18,20)/t11-/m0/s1. The molecule has 0 aliphatic carbocycles. The molecule has 0 aromatic heterocycles. The molecule has 1 atom stereocenters. The van der Waals surface area contributed by atoms with Gasteiger partial charge in [0.25, 0.3) is 11.6 Å².